The number of carboxylic acids is 1. The van der Waals surface area contributed by atoms with Crippen molar-refractivity contribution in [2.45, 2.75) is 19.4 Å². The molecule has 1 aromatic rings. The van der Waals surface area contributed by atoms with E-state index in [0.29, 0.717) is 17.8 Å². The lowest BCUT2D eigenvalue weighted by atomic mass is 10.2. The second kappa shape index (κ2) is 5.07. The number of aliphatic carboxylic acids is 1. The number of hydrogen-bond acceptors (Lipinski definition) is 3. The largest absolute Gasteiger partial charge is 0.481 e. The zero-order valence-corrected chi connectivity index (χ0v) is 8.99. The van der Waals surface area contributed by atoms with Gasteiger partial charge in [-0.3, -0.25) is 9.78 Å². The molecule has 0 aromatic carbocycles. The SMILES string of the molecule is O=C(O)CCc1cc(Br)cc(CO)n1. The lowest BCUT2D eigenvalue weighted by Crippen LogP contribution is -2.01. The van der Waals surface area contributed by atoms with Gasteiger partial charge in [-0.05, 0) is 12.1 Å². The molecule has 0 saturated heterocycles. The van der Waals surface area contributed by atoms with E-state index >= 15 is 0 Å². The molecule has 5 heteroatoms. The van der Waals surface area contributed by atoms with Crippen LogP contribution in [0.25, 0.3) is 0 Å². The first kappa shape index (κ1) is 11.1. The molecule has 4 nitrogen and oxygen atoms in total. The van der Waals surface area contributed by atoms with E-state index in [0.717, 1.165) is 4.47 Å². The number of aryl methyl sites for hydroxylation is 1. The fourth-order valence-corrected chi connectivity index (χ4v) is 1.58. The van der Waals surface area contributed by atoms with Crippen LogP contribution in [-0.4, -0.2) is 21.2 Å². The molecule has 0 aliphatic rings. The van der Waals surface area contributed by atoms with Crippen molar-refractivity contribution in [1.29, 1.82) is 0 Å². The molecule has 76 valence electrons. The summed E-state index contributed by atoms with van der Waals surface area (Å²) >= 11 is 3.26. The van der Waals surface area contributed by atoms with Crippen molar-refractivity contribution < 1.29 is 15.0 Å². The van der Waals surface area contributed by atoms with Crippen LogP contribution in [0.4, 0.5) is 0 Å². The molecule has 1 heterocycles. The van der Waals surface area contributed by atoms with E-state index in [2.05, 4.69) is 20.9 Å². The van der Waals surface area contributed by atoms with Crippen LogP contribution in [0.3, 0.4) is 0 Å². The molecule has 0 aliphatic heterocycles. The van der Waals surface area contributed by atoms with Crippen LogP contribution in [0.1, 0.15) is 17.8 Å². The van der Waals surface area contributed by atoms with Crippen molar-refractivity contribution in [3.63, 3.8) is 0 Å². The Hall–Kier alpha value is -0.940. The molecule has 0 fully saturated rings. The summed E-state index contributed by atoms with van der Waals surface area (Å²) in [6, 6.07) is 3.45. The topological polar surface area (TPSA) is 70.4 Å². The molecule has 0 amide bonds. The highest BCUT2D eigenvalue weighted by Crippen LogP contribution is 2.14. The molecule has 0 saturated carbocycles. The maximum atomic E-state index is 10.3. The van der Waals surface area contributed by atoms with Gasteiger partial charge in [-0.2, -0.15) is 0 Å². The van der Waals surface area contributed by atoms with E-state index < -0.39 is 5.97 Å². The summed E-state index contributed by atoms with van der Waals surface area (Å²) in [6.07, 6.45) is 0.427. The Labute approximate surface area is 89.7 Å². The summed E-state index contributed by atoms with van der Waals surface area (Å²) in [6.45, 7) is -0.139. The zero-order valence-electron chi connectivity index (χ0n) is 7.40. The lowest BCUT2D eigenvalue weighted by Gasteiger charge is -2.02. The van der Waals surface area contributed by atoms with Gasteiger partial charge in [0, 0.05) is 16.6 Å². The summed E-state index contributed by atoms with van der Waals surface area (Å²) in [7, 11) is 0. The second-order valence-corrected chi connectivity index (χ2v) is 3.74. The minimum Gasteiger partial charge on any atom is -0.481 e. The highest BCUT2D eigenvalue weighted by Gasteiger charge is 2.03. The van der Waals surface area contributed by atoms with E-state index in [9.17, 15) is 4.79 Å². The van der Waals surface area contributed by atoms with Gasteiger partial charge in [-0.15, -0.1) is 0 Å². The van der Waals surface area contributed by atoms with Gasteiger partial charge in [0.1, 0.15) is 0 Å². The summed E-state index contributed by atoms with van der Waals surface area (Å²) in [5.74, 6) is -0.850. The lowest BCUT2D eigenvalue weighted by molar-refractivity contribution is -0.136. The van der Waals surface area contributed by atoms with Crippen LogP contribution in [-0.2, 0) is 17.8 Å². The predicted octanol–water partition coefficient (Wildman–Crippen LogP) is 1.35. The molecular formula is C9H10BrNO3. The molecule has 14 heavy (non-hydrogen) atoms. The number of aliphatic hydroxyl groups is 1. The highest BCUT2D eigenvalue weighted by atomic mass is 79.9. The average molecular weight is 260 g/mol. The molecule has 0 atom stereocenters. The maximum Gasteiger partial charge on any atom is 0.303 e. The van der Waals surface area contributed by atoms with Gasteiger partial charge in [0.25, 0.3) is 0 Å². The Morgan fingerprint density at radius 1 is 1.43 bits per heavy atom. The van der Waals surface area contributed by atoms with Gasteiger partial charge in [0.2, 0.25) is 0 Å². The zero-order chi connectivity index (χ0) is 10.6. The second-order valence-electron chi connectivity index (χ2n) is 2.82. The van der Waals surface area contributed by atoms with Crippen molar-refractivity contribution in [1.82, 2.24) is 4.98 Å². The molecule has 0 radical (unpaired) electrons. The van der Waals surface area contributed by atoms with Gasteiger partial charge >= 0.3 is 5.97 Å². The number of carboxylic acid groups (broad SMARTS) is 1. The van der Waals surface area contributed by atoms with Gasteiger partial charge in [0.15, 0.2) is 0 Å². The van der Waals surface area contributed by atoms with Gasteiger partial charge in [-0.25, -0.2) is 0 Å². The van der Waals surface area contributed by atoms with E-state index in [4.69, 9.17) is 10.2 Å². The molecule has 1 aromatic heterocycles. The number of rotatable bonds is 4. The Morgan fingerprint density at radius 2 is 2.07 bits per heavy atom. The molecule has 1 rings (SSSR count). The quantitative estimate of drug-likeness (QED) is 0.857. The molecule has 0 unspecified atom stereocenters. The van der Waals surface area contributed by atoms with Crippen LogP contribution in [0, 0.1) is 0 Å². The van der Waals surface area contributed by atoms with Gasteiger partial charge in [0.05, 0.1) is 18.7 Å². The molecular weight excluding hydrogens is 250 g/mol. The first-order valence-electron chi connectivity index (χ1n) is 4.10. The number of pyridine rings is 1. The van der Waals surface area contributed by atoms with Crippen molar-refractivity contribution in [2.24, 2.45) is 0 Å². The molecule has 0 bridgehead atoms. The smallest absolute Gasteiger partial charge is 0.303 e. The molecule has 0 aliphatic carbocycles. The number of halogens is 1. The normalized spacial score (nSPS) is 10.1. The number of aromatic nitrogens is 1. The van der Waals surface area contributed by atoms with Crippen LogP contribution in [0.5, 0.6) is 0 Å². The van der Waals surface area contributed by atoms with Crippen molar-refractivity contribution >= 4 is 21.9 Å². The number of aliphatic hydroxyl groups excluding tert-OH is 1. The fourth-order valence-electron chi connectivity index (χ4n) is 1.05. The van der Waals surface area contributed by atoms with E-state index in [1.54, 1.807) is 12.1 Å². The summed E-state index contributed by atoms with van der Waals surface area (Å²) < 4.78 is 0.803. The summed E-state index contributed by atoms with van der Waals surface area (Å²) in [5, 5.41) is 17.3. The Morgan fingerprint density at radius 3 is 2.64 bits per heavy atom. The molecule has 2 N–H and O–H groups in total. The van der Waals surface area contributed by atoms with E-state index in [1.807, 2.05) is 0 Å². The first-order chi connectivity index (χ1) is 6.61. The van der Waals surface area contributed by atoms with Gasteiger partial charge < -0.3 is 10.2 Å². The standard InChI is InChI=1S/C9H10BrNO3/c10-6-3-7(1-2-9(13)14)11-8(4-6)5-12/h3-4,12H,1-2,5H2,(H,13,14). The number of nitrogens with zero attached hydrogens (tertiary/aromatic N) is 1. The number of hydrogen-bond donors (Lipinski definition) is 2. The maximum absolute atomic E-state index is 10.3. The van der Waals surface area contributed by atoms with Crippen molar-refractivity contribution in [2.75, 3.05) is 0 Å². The first-order valence-corrected chi connectivity index (χ1v) is 4.89. The van der Waals surface area contributed by atoms with Crippen LogP contribution in [0.15, 0.2) is 16.6 Å². The Bertz CT molecular complexity index is 341. The predicted molar refractivity (Wildman–Crippen MR) is 53.8 cm³/mol. The summed E-state index contributed by atoms with van der Waals surface area (Å²) in [5.41, 5.74) is 1.21. The van der Waals surface area contributed by atoms with E-state index in [-0.39, 0.29) is 13.0 Å². The number of carbonyl (C=O) groups is 1. The van der Waals surface area contributed by atoms with Crippen molar-refractivity contribution in [3.8, 4) is 0 Å². The van der Waals surface area contributed by atoms with Gasteiger partial charge in [-0.1, -0.05) is 15.9 Å². The minimum atomic E-state index is -0.850. The summed E-state index contributed by atoms with van der Waals surface area (Å²) in [4.78, 5) is 14.4. The fraction of sp³-hybridized carbons (Fsp3) is 0.333. The Balaban J connectivity index is 2.76. The third kappa shape index (κ3) is 3.43. The third-order valence-corrected chi connectivity index (χ3v) is 2.11. The Kier molecular flexibility index (Phi) is 4.03. The molecule has 0 spiro atoms. The minimum absolute atomic E-state index is 0.0499. The monoisotopic (exact) mass is 259 g/mol. The average Bonchev–Trinajstić information content (AvgIpc) is 2.14. The third-order valence-electron chi connectivity index (χ3n) is 1.65. The van der Waals surface area contributed by atoms with Crippen LogP contribution < -0.4 is 0 Å². The highest BCUT2D eigenvalue weighted by molar-refractivity contribution is 9.10. The van der Waals surface area contributed by atoms with Crippen LogP contribution >= 0.6 is 15.9 Å². The van der Waals surface area contributed by atoms with E-state index in [1.165, 1.54) is 0 Å². The van der Waals surface area contributed by atoms with Crippen molar-refractivity contribution in [3.05, 3.63) is 28.0 Å². The van der Waals surface area contributed by atoms with Crippen LogP contribution in [0.2, 0.25) is 0 Å².